The summed E-state index contributed by atoms with van der Waals surface area (Å²) >= 11 is 13.5. The Morgan fingerprint density at radius 3 is 2.71 bits per heavy atom. The minimum Gasteiger partial charge on any atom is -0.468 e. The number of rotatable bonds is 11. The van der Waals surface area contributed by atoms with E-state index in [-0.39, 0.29) is 29.1 Å². The monoisotopic (exact) mass is 547 g/mol. The molecular formula is C21H20Cl2FN3O5S2. The lowest BCUT2D eigenvalue weighted by Gasteiger charge is -2.14. The number of thiazole rings is 1. The average molecular weight is 548 g/mol. The maximum absolute atomic E-state index is 14.8. The van der Waals surface area contributed by atoms with Crippen molar-refractivity contribution >= 4 is 56.3 Å². The van der Waals surface area contributed by atoms with Crippen molar-refractivity contribution in [3.8, 4) is 11.5 Å². The maximum atomic E-state index is 14.8. The van der Waals surface area contributed by atoms with Gasteiger partial charge >= 0.3 is 5.97 Å². The second-order valence-electron chi connectivity index (χ2n) is 6.90. The molecule has 0 aliphatic carbocycles. The number of carbonyl (C=O) groups excluding carboxylic acids is 1. The molecule has 13 heteroatoms. The van der Waals surface area contributed by atoms with Crippen molar-refractivity contribution in [2.24, 2.45) is 0 Å². The fourth-order valence-electron chi connectivity index (χ4n) is 2.88. The highest BCUT2D eigenvalue weighted by molar-refractivity contribution is 7.92. The van der Waals surface area contributed by atoms with E-state index < -0.39 is 20.7 Å². The van der Waals surface area contributed by atoms with Crippen LogP contribution >= 0.6 is 34.5 Å². The molecule has 8 nitrogen and oxygen atoms in total. The number of esters is 1. The summed E-state index contributed by atoms with van der Waals surface area (Å²) < 4.78 is 52.4. The van der Waals surface area contributed by atoms with Gasteiger partial charge in [-0.1, -0.05) is 23.2 Å². The van der Waals surface area contributed by atoms with Crippen LogP contribution < -0.4 is 14.8 Å². The number of carbonyl (C=O) groups is 1. The highest BCUT2D eigenvalue weighted by Gasteiger charge is 2.23. The van der Waals surface area contributed by atoms with Crippen molar-refractivity contribution in [2.45, 2.75) is 17.7 Å². The van der Waals surface area contributed by atoms with E-state index in [0.29, 0.717) is 30.2 Å². The third-order valence-corrected chi connectivity index (χ3v) is 6.97. The molecule has 0 aliphatic rings. The smallest absolute Gasteiger partial charge is 0.319 e. The molecular weight excluding hydrogens is 528 g/mol. The molecule has 0 bridgehead atoms. The number of benzene rings is 2. The van der Waals surface area contributed by atoms with Crippen LogP contribution in [0.1, 0.15) is 12.0 Å². The van der Waals surface area contributed by atoms with Gasteiger partial charge in [-0.25, -0.2) is 17.8 Å². The quantitative estimate of drug-likeness (QED) is 0.260. The van der Waals surface area contributed by atoms with E-state index in [2.05, 4.69) is 19.8 Å². The minimum atomic E-state index is -4.24. The lowest BCUT2D eigenvalue weighted by molar-refractivity contribution is -0.139. The fraction of sp³-hybridized carbons (Fsp3) is 0.238. The SMILES string of the molecule is COC(=O)CNCCCc1cc(Cl)ccc1Oc1cc(F)c(S(=O)(=O)Nc2cscn2)cc1Cl. The largest absolute Gasteiger partial charge is 0.468 e. The number of sulfonamides is 1. The second-order valence-corrected chi connectivity index (χ2v) is 10.1. The molecule has 0 radical (unpaired) electrons. The summed E-state index contributed by atoms with van der Waals surface area (Å²) in [6.07, 6.45) is 1.18. The first kappa shape index (κ1) is 26.2. The molecule has 0 fully saturated rings. The van der Waals surface area contributed by atoms with Gasteiger partial charge in [0.2, 0.25) is 0 Å². The van der Waals surface area contributed by atoms with E-state index in [1.165, 1.54) is 29.3 Å². The van der Waals surface area contributed by atoms with Gasteiger partial charge in [-0.15, -0.1) is 11.3 Å². The van der Waals surface area contributed by atoms with Crippen molar-refractivity contribution in [2.75, 3.05) is 24.9 Å². The Bertz CT molecular complexity index is 1260. The number of methoxy groups -OCH3 is 1. The van der Waals surface area contributed by atoms with Crippen LogP contribution in [0.2, 0.25) is 10.0 Å². The summed E-state index contributed by atoms with van der Waals surface area (Å²) in [5.74, 6) is -0.998. The molecule has 0 spiro atoms. The van der Waals surface area contributed by atoms with Crippen LogP contribution in [0.4, 0.5) is 10.2 Å². The van der Waals surface area contributed by atoms with E-state index in [0.717, 1.165) is 17.7 Å². The molecule has 2 aromatic carbocycles. The highest BCUT2D eigenvalue weighted by atomic mass is 35.5. The number of nitrogens with one attached hydrogen (secondary N) is 2. The first-order valence-corrected chi connectivity index (χ1v) is 13.0. The predicted octanol–water partition coefficient (Wildman–Crippen LogP) is 4.88. The molecule has 34 heavy (non-hydrogen) atoms. The zero-order chi connectivity index (χ0) is 24.7. The van der Waals surface area contributed by atoms with Gasteiger partial charge in [0.1, 0.15) is 22.2 Å². The van der Waals surface area contributed by atoms with Gasteiger partial charge in [0.15, 0.2) is 5.82 Å². The number of aromatic nitrogens is 1. The Morgan fingerprint density at radius 2 is 2.00 bits per heavy atom. The van der Waals surface area contributed by atoms with E-state index in [1.54, 1.807) is 18.2 Å². The summed E-state index contributed by atoms with van der Waals surface area (Å²) in [6, 6.07) is 6.82. The normalized spacial score (nSPS) is 11.3. The Morgan fingerprint density at radius 1 is 1.21 bits per heavy atom. The van der Waals surface area contributed by atoms with Crippen LogP contribution in [0, 0.1) is 5.82 Å². The van der Waals surface area contributed by atoms with E-state index >= 15 is 0 Å². The number of anilines is 1. The minimum absolute atomic E-state index is 0.0563. The zero-order valence-corrected chi connectivity index (χ0v) is 21.0. The molecule has 0 amide bonds. The van der Waals surface area contributed by atoms with Gasteiger partial charge in [0.05, 0.1) is 24.2 Å². The lowest BCUT2D eigenvalue weighted by Crippen LogP contribution is -2.25. The Balaban J connectivity index is 1.75. The van der Waals surface area contributed by atoms with Crippen molar-refractivity contribution < 1.29 is 27.1 Å². The Hall–Kier alpha value is -2.44. The maximum Gasteiger partial charge on any atom is 0.319 e. The molecule has 3 rings (SSSR count). The summed E-state index contributed by atoms with van der Waals surface area (Å²) in [7, 11) is -2.93. The number of hydrogen-bond donors (Lipinski definition) is 2. The topological polar surface area (TPSA) is 107 Å². The molecule has 1 aromatic heterocycles. The van der Waals surface area contributed by atoms with Crippen LogP contribution in [0.15, 0.2) is 46.1 Å². The Kier molecular flexibility index (Phi) is 9.09. The summed E-state index contributed by atoms with van der Waals surface area (Å²) in [5.41, 5.74) is 2.17. The Labute approximate surface area is 210 Å². The standard InChI is InChI=1S/C21H20Cl2FN3O5S2/c1-31-21(28)10-25-6-2-3-13-7-14(22)4-5-17(13)32-18-9-16(24)19(8-15(18)23)34(29,30)27-20-11-33-12-26-20/h4-5,7-9,11-12,25,27H,2-3,6,10H2,1H3. The number of hydrogen-bond acceptors (Lipinski definition) is 8. The second kappa shape index (κ2) is 11.8. The van der Waals surface area contributed by atoms with Gasteiger partial charge in [-0.05, 0) is 49.2 Å². The molecule has 0 saturated carbocycles. The van der Waals surface area contributed by atoms with Crippen molar-refractivity contribution in [1.29, 1.82) is 0 Å². The number of nitrogens with zero attached hydrogens (tertiary/aromatic N) is 1. The van der Waals surface area contributed by atoms with E-state index in [4.69, 9.17) is 27.9 Å². The zero-order valence-electron chi connectivity index (χ0n) is 17.8. The van der Waals surface area contributed by atoms with Gasteiger partial charge in [0.25, 0.3) is 10.0 Å². The summed E-state index contributed by atoms with van der Waals surface area (Å²) in [4.78, 5) is 14.4. The van der Waals surface area contributed by atoms with Gasteiger partial charge in [-0.2, -0.15) is 0 Å². The van der Waals surface area contributed by atoms with Gasteiger partial charge < -0.3 is 14.8 Å². The van der Waals surface area contributed by atoms with Crippen molar-refractivity contribution in [1.82, 2.24) is 10.3 Å². The van der Waals surface area contributed by atoms with Crippen molar-refractivity contribution in [3.05, 3.63) is 62.6 Å². The van der Waals surface area contributed by atoms with Gasteiger partial charge in [-0.3, -0.25) is 9.52 Å². The molecule has 182 valence electrons. The molecule has 2 N–H and O–H groups in total. The van der Waals surface area contributed by atoms with Gasteiger partial charge in [0, 0.05) is 16.5 Å². The fourth-order valence-corrected chi connectivity index (χ4v) is 4.98. The van der Waals surface area contributed by atoms with Crippen LogP contribution in [-0.2, 0) is 26.0 Å². The molecule has 0 atom stereocenters. The summed E-state index contributed by atoms with van der Waals surface area (Å²) in [6.45, 7) is 0.631. The third-order valence-electron chi connectivity index (χ3n) is 4.49. The van der Waals surface area contributed by atoms with Crippen molar-refractivity contribution in [3.63, 3.8) is 0 Å². The number of aryl methyl sites for hydroxylation is 1. The average Bonchev–Trinajstić information content (AvgIpc) is 3.29. The molecule has 1 heterocycles. The molecule has 0 aliphatic heterocycles. The molecule has 0 unspecified atom stereocenters. The van der Waals surface area contributed by atoms with E-state index in [1.807, 2.05) is 0 Å². The number of ether oxygens (including phenoxy) is 2. The first-order chi connectivity index (χ1) is 16.2. The third kappa shape index (κ3) is 7.03. The number of halogens is 3. The predicted molar refractivity (Wildman–Crippen MR) is 129 cm³/mol. The summed E-state index contributed by atoms with van der Waals surface area (Å²) in [5, 5.41) is 4.82. The highest BCUT2D eigenvalue weighted by Crippen LogP contribution is 2.36. The van der Waals surface area contributed by atoms with Crippen LogP contribution in [0.3, 0.4) is 0 Å². The van der Waals surface area contributed by atoms with Crippen LogP contribution in [-0.4, -0.2) is 39.6 Å². The molecule has 0 saturated heterocycles. The first-order valence-electron chi connectivity index (χ1n) is 9.83. The van der Waals surface area contributed by atoms with Crippen LogP contribution in [0.5, 0.6) is 11.5 Å². The lowest BCUT2D eigenvalue weighted by atomic mass is 10.1. The molecule has 3 aromatic rings. The van der Waals surface area contributed by atoms with Crippen LogP contribution in [0.25, 0.3) is 0 Å². The van der Waals surface area contributed by atoms with E-state index in [9.17, 15) is 17.6 Å².